The average Bonchev–Trinajstić information content (AvgIpc) is 3.21. The van der Waals surface area contributed by atoms with Crippen molar-refractivity contribution >= 4 is 28.6 Å². The minimum atomic E-state index is -0.822. The van der Waals surface area contributed by atoms with Gasteiger partial charge in [0.25, 0.3) is 11.5 Å². The molecule has 1 amide bonds. The van der Waals surface area contributed by atoms with E-state index in [1.165, 1.54) is 28.9 Å². The van der Waals surface area contributed by atoms with Gasteiger partial charge in [-0.3, -0.25) is 23.5 Å². The van der Waals surface area contributed by atoms with E-state index in [0.29, 0.717) is 28.1 Å². The van der Waals surface area contributed by atoms with Crippen molar-refractivity contribution in [3.8, 4) is 5.69 Å². The number of rotatable bonds is 7. The van der Waals surface area contributed by atoms with Crippen molar-refractivity contribution in [2.45, 2.75) is 26.9 Å². The zero-order valence-electron chi connectivity index (χ0n) is 19.0. The van der Waals surface area contributed by atoms with Gasteiger partial charge in [-0.2, -0.15) is 5.10 Å². The summed E-state index contributed by atoms with van der Waals surface area (Å²) in [5.41, 5.74) is 0.358. The second-order valence-electron chi connectivity index (χ2n) is 7.70. The van der Waals surface area contributed by atoms with Crippen LogP contribution in [-0.4, -0.2) is 37.4 Å². The Labute approximate surface area is 198 Å². The molecule has 0 spiro atoms. The molecule has 35 heavy (non-hydrogen) atoms. The number of para-hydroxylation sites is 1. The van der Waals surface area contributed by atoms with Gasteiger partial charge in [-0.05, 0) is 50.2 Å². The third-order valence-electron chi connectivity index (χ3n) is 5.27. The number of fused-ring (bicyclic) bond motifs is 1. The van der Waals surface area contributed by atoms with Gasteiger partial charge < -0.3 is 10.1 Å². The smallest absolute Gasteiger partial charge is 0.332 e. The molecule has 0 saturated carbocycles. The Hall–Kier alpha value is -4.54. The van der Waals surface area contributed by atoms with E-state index in [2.05, 4.69) is 10.4 Å². The maximum Gasteiger partial charge on any atom is 0.332 e. The van der Waals surface area contributed by atoms with Gasteiger partial charge in [0.2, 0.25) is 0 Å². The molecule has 2 aromatic heterocycles. The minimum Gasteiger partial charge on any atom is -0.454 e. The summed E-state index contributed by atoms with van der Waals surface area (Å²) < 4.78 is 21.9. The largest absolute Gasteiger partial charge is 0.454 e. The zero-order chi connectivity index (χ0) is 25.1. The Morgan fingerprint density at radius 2 is 1.77 bits per heavy atom. The molecule has 2 aromatic carbocycles. The van der Waals surface area contributed by atoms with Crippen LogP contribution < -0.4 is 16.6 Å². The van der Waals surface area contributed by atoms with Crippen molar-refractivity contribution in [2.24, 2.45) is 0 Å². The SMILES string of the molecule is CCn1c(=O)c2ccccc2n(CC(=O)OCC(=O)Nc2cc(C)nn2-c2ccc(F)cc2)c1=O. The van der Waals surface area contributed by atoms with Crippen molar-refractivity contribution in [3.05, 3.63) is 86.9 Å². The molecule has 0 aliphatic carbocycles. The summed E-state index contributed by atoms with van der Waals surface area (Å²) in [5.74, 6) is -1.54. The van der Waals surface area contributed by atoms with Crippen LogP contribution in [0.15, 0.2) is 64.2 Å². The standard InChI is InChI=1S/C24H22FN5O5/c1-3-28-23(33)18-6-4-5-7-19(18)29(24(28)34)13-22(32)35-14-21(31)26-20-12-15(2)27-30(20)17-10-8-16(25)9-11-17/h4-12H,3,13-14H2,1-2H3,(H,26,31). The number of aromatic nitrogens is 4. The van der Waals surface area contributed by atoms with Crippen LogP contribution in [0, 0.1) is 12.7 Å². The van der Waals surface area contributed by atoms with Crippen LogP contribution in [0.4, 0.5) is 10.2 Å². The number of anilines is 1. The highest BCUT2D eigenvalue weighted by Crippen LogP contribution is 2.17. The van der Waals surface area contributed by atoms with Crippen molar-refractivity contribution in [2.75, 3.05) is 11.9 Å². The second kappa shape index (κ2) is 9.75. The molecular formula is C24H22FN5O5. The number of halogens is 1. The fourth-order valence-corrected chi connectivity index (χ4v) is 3.67. The van der Waals surface area contributed by atoms with Crippen LogP contribution in [-0.2, 0) is 27.4 Å². The zero-order valence-corrected chi connectivity index (χ0v) is 19.0. The summed E-state index contributed by atoms with van der Waals surface area (Å²) >= 11 is 0. The van der Waals surface area contributed by atoms with Crippen LogP contribution in [0.25, 0.3) is 16.6 Å². The second-order valence-corrected chi connectivity index (χ2v) is 7.70. The van der Waals surface area contributed by atoms with E-state index >= 15 is 0 Å². The summed E-state index contributed by atoms with van der Waals surface area (Å²) in [7, 11) is 0. The van der Waals surface area contributed by atoms with Gasteiger partial charge in [-0.1, -0.05) is 12.1 Å². The summed E-state index contributed by atoms with van der Waals surface area (Å²) in [6, 6.07) is 13.6. The fourth-order valence-electron chi connectivity index (χ4n) is 3.67. The van der Waals surface area contributed by atoms with E-state index in [1.54, 1.807) is 44.2 Å². The fraction of sp³-hybridized carbons (Fsp3) is 0.208. The van der Waals surface area contributed by atoms with E-state index in [-0.39, 0.29) is 6.54 Å². The lowest BCUT2D eigenvalue weighted by molar-refractivity contribution is -0.147. The topological polar surface area (TPSA) is 117 Å². The number of hydrogen-bond acceptors (Lipinski definition) is 6. The highest BCUT2D eigenvalue weighted by Gasteiger charge is 2.17. The Bertz CT molecular complexity index is 1530. The summed E-state index contributed by atoms with van der Waals surface area (Å²) in [6.45, 7) is 2.45. The Morgan fingerprint density at radius 1 is 1.06 bits per heavy atom. The lowest BCUT2D eigenvalue weighted by atomic mass is 10.2. The molecule has 10 nitrogen and oxygen atoms in total. The molecule has 180 valence electrons. The average molecular weight is 479 g/mol. The molecule has 4 aromatic rings. The number of hydrogen-bond donors (Lipinski definition) is 1. The number of carbonyl (C=O) groups excluding carboxylic acids is 2. The molecule has 2 heterocycles. The molecule has 11 heteroatoms. The quantitative estimate of drug-likeness (QED) is 0.405. The van der Waals surface area contributed by atoms with Gasteiger partial charge in [-0.15, -0.1) is 0 Å². The van der Waals surface area contributed by atoms with Crippen molar-refractivity contribution in [1.82, 2.24) is 18.9 Å². The monoisotopic (exact) mass is 479 g/mol. The maximum absolute atomic E-state index is 13.2. The first-order valence-electron chi connectivity index (χ1n) is 10.8. The highest BCUT2D eigenvalue weighted by molar-refractivity contribution is 5.92. The van der Waals surface area contributed by atoms with Crippen LogP contribution >= 0.6 is 0 Å². The number of ether oxygens (including phenoxy) is 1. The first-order valence-corrected chi connectivity index (χ1v) is 10.8. The number of benzene rings is 2. The van der Waals surface area contributed by atoms with Crippen molar-refractivity contribution in [1.29, 1.82) is 0 Å². The molecule has 0 aliphatic heterocycles. The van der Waals surface area contributed by atoms with E-state index in [4.69, 9.17) is 4.74 Å². The highest BCUT2D eigenvalue weighted by atomic mass is 19.1. The van der Waals surface area contributed by atoms with E-state index in [0.717, 1.165) is 9.13 Å². The van der Waals surface area contributed by atoms with Gasteiger partial charge >= 0.3 is 11.7 Å². The predicted octanol–water partition coefficient (Wildman–Crippen LogP) is 2.00. The molecule has 0 unspecified atom stereocenters. The Kier molecular flexibility index (Phi) is 6.58. The van der Waals surface area contributed by atoms with Crippen molar-refractivity contribution in [3.63, 3.8) is 0 Å². The maximum atomic E-state index is 13.2. The molecule has 0 bridgehead atoms. The number of amides is 1. The first-order chi connectivity index (χ1) is 16.8. The molecule has 0 atom stereocenters. The summed E-state index contributed by atoms with van der Waals surface area (Å²) in [4.78, 5) is 50.2. The lowest BCUT2D eigenvalue weighted by Gasteiger charge is -2.13. The Balaban J connectivity index is 1.47. The lowest BCUT2D eigenvalue weighted by Crippen LogP contribution is -2.41. The van der Waals surface area contributed by atoms with Crippen LogP contribution in [0.5, 0.6) is 0 Å². The van der Waals surface area contributed by atoms with Gasteiger partial charge in [0.05, 0.1) is 22.3 Å². The van der Waals surface area contributed by atoms with Gasteiger partial charge in [0.1, 0.15) is 18.2 Å². The molecule has 0 saturated heterocycles. The molecule has 0 aliphatic rings. The molecule has 4 rings (SSSR count). The van der Waals surface area contributed by atoms with Gasteiger partial charge in [0, 0.05) is 12.6 Å². The minimum absolute atomic E-state index is 0.140. The third kappa shape index (κ3) is 4.88. The number of nitrogens with one attached hydrogen (secondary N) is 1. The summed E-state index contributed by atoms with van der Waals surface area (Å²) in [5, 5.41) is 7.18. The van der Waals surface area contributed by atoms with Gasteiger partial charge in [0.15, 0.2) is 6.61 Å². The van der Waals surface area contributed by atoms with E-state index in [9.17, 15) is 23.6 Å². The predicted molar refractivity (Wildman–Crippen MR) is 126 cm³/mol. The first kappa shape index (κ1) is 23.6. The number of aryl methyl sites for hydroxylation is 1. The third-order valence-corrected chi connectivity index (χ3v) is 5.27. The van der Waals surface area contributed by atoms with E-state index < -0.39 is 42.1 Å². The molecule has 0 fully saturated rings. The van der Waals surface area contributed by atoms with Gasteiger partial charge in [-0.25, -0.2) is 13.9 Å². The molecular weight excluding hydrogens is 457 g/mol. The number of nitrogens with zero attached hydrogens (tertiary/aromatic N) is 4. The van der Waals surface area contributed by atoms with Crippen LogP contribution in [0.2, 0.25) is 0 Å². The van der Waals surface area contributed by atoms with Crippen LogP contribution in [0.3, 0.4) is 0 Å². The molecule has 1 N–H and O–H groups in total. The normalized spacial score (nSPS) is 10.9. The van der Waals surface area contributed by atoms with Crippen molar-refractivity contribution < 1.29 is 18.7 Å². The molecule has 0 radical (unpaired) electrons. The number of carbonyl (C=O) groups is 2. The van der Waals surface area contributed by atoms with E-state index in [1.807, 2.05) is 0 Å². The summed E-state index contributed by atoms with van der Waals surface area (Å²) in [6.07, 6.45) is 0. The Morgan fingerprint density at radius 3 is 2.49 bits per heavy atom. The van der Waals surface area contributed by atoms with Crippen LogP contribution in [0.1, 0.15) is 12.6 Å². The number of esters is 1.